The number of para-hydroxylation sites is 1. The number of halogens is 2. The number of fused-ring (bicyclic) bond motifs is 3. The molecule has 8 heteroatoms. The molecule has 0 bridgehead atoms. The second-order valence-corrected chi connectivity index (χ2v) is 8.68. The van der Waals surface area contributed by atoms with Crippen LogP contribution in [0, 0.1) is 5.82 Å². The molecule has 6 nitrogen and oxygen atoms in total. The zero-order chi connectivity index (χ0) is 22.5. The SMILES string of the molecule is COc1ccc([C@H]2Oc3ccccc3C3=C2[C@@H](c2ccc(F)cc2)n2ncnc2N3)cc1Br. The van der Waals surface area contributed by atoms with Gasteiger partial charge in [-0.15, -0.1) is 0 Å². The molecule has 4 aromatic rings. The molecule has 1 N–H and O–H groups in total. The zero-order valence-corrected chi connectivity index (χ0v) is 19.1. The molecule has 0 radical (unpaired) electrons. The van der Waals surface area contributed by atoms with Crippen LogP contribution in [0.15, 0.2) is 83.1 Å². The molecule has 2 aliphatic rings. The number of rotatable bonds is 3. The Balaban J connectivity index is 1.61. The molecule has 1 aromatic heterocycles. The Morgan fingerprint density at radius 2 is 1.85 bits per heavy atom. The highest BCUT2D eigenvalue weighted by molar-refractivity contribution is 9.10. The van der Waals surface area contributed by atoms with E-state index in [9.17, 15) is 4.39 Å². The molecule has 3 aromatic carbocycles. The van der Waals surface area contributed by atoms with Gasteiger partial charge in [0.1, 0.15) is 35.8 Å². The van der Waals surface area contributed by atoms with Gasteiger partial charge in [0.25, 0.3) is 0 Å². The van der Waals surface area contributed by atoms with Gasteiger partial charge in [0.05, 0.1) is 17.3 Å². The van der Waals surface area contributed by atoms with Crippen molar-refractivity contribution in [3.63, 3.8) is 0 Å². The molecule has 6 rings (SSSR count). The molecule has 0 saturated carbocycles. The van der Waals surface area contributed by atoms with Gasteiger partial charge in [-0.2, -0.15) is 10.1 Å². The first-order valence-electron chi connectivity index (χ1n) is 10.4. The second-order valence-electron chi connectivity index (χ2n) is 7.83. The molecule has 0 amide bonds. The molecule has 0 spiro atoms. The quantitative estimate of drug-likeness (QED) is 0.385. The van der Waals surface area contributed by atoms with Crippen LogP contribution < -0.4 is 14.8 Å². The summed E-state index contributed by atoms with van der Waals surface area (Å²) in [5.74, 6) is 1.84. The minimum absolute atomic E-state index is 0.290. The fraction of sp³-hybridized carbons (Fsp3) is 0.120. The predicted molar refractivity (Wildman–Crippen MR) is 126 cm³/mol. The first-order chi connectivity index (χ1) is 16.1. The van der Waals surface area contributed by atoms with Crippen LogP contribution in [0.25, 0.3) is 5.70 Å². The van der Waals surface area contributed by atoms with Crippen molar-refractivity contribution in [1.29, 1.82) is 0 Å². The van der Waals surface area contributed by atoms with E-state index < -0.39 is 6.10 Å². The number of hydrogen-bond acceptors (Lipinski definition) is 5. The van der Waals surface area contributed by atoms with Crippen LogP contribution in [0.2, 0.25) is 0 Å². The Morgan fingerprint density at radius 1 is 1.06 bits per heavy atom. The number of hydrogen-bond donors (Lipinski definition) is 1. The van der Waals surface area contributed by atoms with E-state index in [0.29, 0.717) is 5.95 Å². The Morgan fingerprint density at radius 3 is 2.64 bits per heavy atom. The molecular weight excluding hydrogens is 487 g/mol. The maximum atomic E-state index is 13.8. The van der Waals surface area contributed by atoms with Crippen molar-refractivity contribution in [1.82, 2.24) is 14.8 Å². The van der Waals surface area contributed by atoms with Crippen LogP contribution in [-0.4, -0.2) is 21.9 Å². The largest absolute Gasteiger partial charge is 0.496 e. The predicted octanol–water partition coefficient (Wildman–Crippen LogP) is 5.75. The van der Waals surface area contributed by atoms with Gasteiger partial charge in [0.2, 0.25) is 5.95 Å². The number of benzene rings is 3. The highest BCUT2D eigenvalue weighted by Crippen LogP contribution is 2.51. The van der Waals surface area contributed by atoms with E-state index in [0.717, 1.165) is 43.9 Å². The van der Waals surface area contributed by atoms with Crippen molar-refractivity contribution in [2.24, 2.45) is 0 Å². The summed E-state index contributed by atoms with van der Waals surface area (Å²) in [6.45, 7) is 0. The van der Waals surface area contributed by atoms with Crippen LogP contribution in [0.4, 0.5) is 10.3 Å². The fourth-order valence-electron chi connectivity index (χ4n) is 4.50. The van der Waals surface area contributed by atoms with Crippen LogP contribution in [0.3, 0.4) is 0 Å². The summed E-state index contributed by atoms with van der Waals surface area (Å²) in [6, 6.07) is 20.0. The zero-order valence-electron chi connectivity index (χ0n) is 17.5. The summed E-state index contributed by atoms with van der Waals surface area (Å²) in [7, 11) is 1.63. The lowest BCUT2D eigenvalue weighted by Crippen LogP contribution is -2.32. The van der Waals surface area contributed by atoms with Crippen molar-refractivity contribution in [2.45, 2.75) is 12.1 Å². The highest BCUT2D eigenvalue weighted by Gasteiger charge is 2.41. The van der Waals surface area contributed by atoms with Crippen molar-refractivity contribution in [3.8, 4) is 11.5 Å². The third kappa shape index (κ3) is 3.21. The topological polar surface area (TPSA) is 61.2 Å². The van der Waals surface area contributed by atoms with Crippen molar-refractivity contribution in [3.05, 3.63) is 106 Å². The molecule has 2 aliphatic heterocycles. The lowest BCUT2D eigenvalue weighted by Gasteiger charge is -2.39. The Bertz CT molecular complexity index is 1400. The normalized spacial score (nSPS) is 18.5. The van der Waals surface area contributed by atoms with E-state index in [2.05, 4.69) is 31.3 Å². The molecule has 3 heterocycles. The summed E-state index contributed by atoms with van der Waals surface area (Å²) in [5, 5.41) is 7.95. The van der Waals surface area contributed by atoms with Crippen LogP contribution in [0.5, 0.6) is 11.5 Å². The van der Waals surface area contributed by atoms with Crippen LogP contribution >= 0.6 is 15.9 Å². The average molecular weight is 505 g/mol. The van der Waals surface area contributed by atoms with Gasteiger partial charge in [0.15, 0.2) is 0 Å². The lowest BCUT2D eigenvalue weighted by atomic mass is 9.84. The van der Waals surface area contributed by atoms with Gasteiger partial charge in [0, 0.05) is 11.1 Å². The smallest absolute Gasteiger partial charge is 0.226 e. The molecule has 33 heavy (non-hydrogen) atoms. The molecule has 0 aliphatic carbocycles. The summed E-state index contributed by atoms with van der Waals surface area (Å²) >= 11 is 3.60. The molecule has 164 valence electrons. The van der Waals surface area contributed by atoms with Crippen molar-refractivity contribution in [2.75, 3.05) is 12.4 Å². The number of nitrogens with one attached hydrogen (secondary N) is 1. The van der Waals surface area contributed by atoms with E-state index >= 15 is 0 Å². The van der Waals surface area contributed by atoms with Crippen LogP contribution in [-0.2, 0) is 0 Å². The van der Waals surface area contributed by atoms with Gasteiger partial charge in [-0.3, -0.25) is 0 Å². The van der Waals surface area contributed by atoms with E-state index in [-0.39, 0.29) is 11.9 Å². The first-order valence-corrected chi connectivity index (χ1v) is 11.2. The van der Waals surface area contributed by atoms with Crippen molar-refractivity contribution < 1.29 is 13.9 Å². The lowest BCUT2D eigenvalue weighted by molar-refractivity contribution is 0.223. The van der Waals surface area contributed by atoms with Crippen LogP contribution in [0.1, 0.15) is 28.8 Å². The Labute approximate surface area is 197 Å². The second kappa shape index (κ2) is 7.74. The molecule has 0 unspecified atom stereocenters. The maximum absolute atomic E-state index is 13.8. The number of ether oxygens (including phenoxy) is 2. The van der Waals surface area contributed by atoms with Gasteiger partial charge in [-0.05, 0) is 63.5 Å². The summed E-state index contributed by atoms with van der Waals surface area (Å²) in [4.78, 5) is 4.42. The molecule has 2 atom stereocenters. The summed E-state index contributed by atoms with van der Waals surface area (Å²) < 4.78 is 28.4. The third-order valence-electron chi connectivity index (χ3n) is 5.99. The van der Waals surface area contributed by atoms with E-state index in [4.69, 9.17) is 9.47 Å². The van der Waals surface area contributed by atoms with Gasteiger partial charge >= 0.3 is 0 Å². The summed E-state index contributed by atoms with van der Waals surface area (Å²) in [6.07, 6.45) is 1.10. The summed E-state index contributed by atoms with van der Waals surface area (Å²) in [5.41, 5.74) is 4.66. The standard InChI is InChI=1S/C25H18BrFN4O2/c1-32-20-11-8-15(12-18(20)26)24-21-22(17-4-2-3-5-19(17)33-24)30-25-28-13-29-31(25)23(21)14-6-9-16(27)10-7-14/h2-13,23-24H,1H3,(H,28,29,30)/t23-,24-/m1/s1. The van der Waals surface area contributed by atoms with Gasteiger partial charge in [-0.1, -0.05) is 30.3 Å². The number of anilines is 1. The van der Waals surface area contributed by atoms with E-state index in [1.807, 2.05) is 47.1 Å². The van der Waals surface area contributed by atoms with Crippen molar-refractivity contribution >= 4 is 27.6 Å². The molecular formula is C25H18BrFN4O2. The maximum Gasteiger partial charge on any atom is 0.226 e. The van der Waals surface area contributed by atoms with Gasteiger partial charge in [-0.25, -0.2) is 9.07 Å². The minimum Gasteiger partial charge on any atom is -0.496 e. The Kier molecular flexibility index (Phi) is 4.69. The number of nitrogens with zero attached hydrogens (tertiary/aromatic N) is 3. The number of aromatic nitrogens is 3. The van der Waals surface area contributed by atoms with E-state index in [1.165, 1.54) is 18.5 Å². The van der Waals surface area contributed by atoms with Gasteiger partial charge < -0.3 is 14.8 Å². The Hall–Kier alpha value is -3.65. The minimum atomic E-state index is -0.419. The average Bonchev–Trinajstić information content (AvgIpc) is 3.31. The molecule has 0 saturated heterocycles. The fourth-order valence-corrected chi connectivity index (χ4v) is 5.06. The monoisotopic (exact) mass is 504 g/mol. The highest BCUT2D eigenvalue weighted by atomic mass is 79.9. The number of methoxy groups -OCH3 is 1. The third-order valence-corrected chi connectivity index (χ3v) is 6.61. The molecule has 0 fully saturated rings. The van der Waals surface area contributed by atoms with E-state index in [1.54, 1.807) is 19.2 Å². The first kappa shape index (κ1) is 20.0.